The molecule has 0 N–H and O–H groups in total. The molecular weight excluding hydrogens is 318 g/mol. The number of aromatic nitrogens is 1. The van der Waals surface area contributed by atoms with Crippen molar-refractivity contribution in [3.05, 3.63) is 96.1 Å². The minimum atomic E-state index is 0.844. The van der Waals surface area contributed by atoms with E-state index in [9.17, 15) is 0 Å². The minimum Gasteiger partial charge on any atom is -0.497 e. The van der Waals surface area contributed by atoms with Gasteiger partial charge in [0, 0.05) is 22.1 Å². The first kappa shape index (κ1) is 15.9. The Kier molecular flexibility index (Phi) is 4.37. The first-order valence-electron chi connectivity index (χ1n) is 8.44. The number of pyridine rings is 1. The van der Waals surface area contributed by atoms with Crippen LogP contribution in [0.5, 0.6) is 5.75 Å². The second-order valence-corrected chi connectivity index (χ2v) is 5.95. The van der Waals surface area contributed by atoms with Crippen LogP contribution >= 0.6 is 0 Å². The maximum absolute atomic E-state index is 5.21. The van der Waals surface area contributed by atoms with Crippen LogP contribution in [0.25, 0.3) is 22.2 Å². The van der Waals surface area contributed by atoms with Gasteiger partial charge in [-0.2, -0.15) is 0 Å². The molecular formula is C24H17NO. The lowest BCUT2D eigenvalue weighted by molar-refractivity contribution is 0.415. The second kappa shape index (κ2) is 7.13. The van der Waals surface area contributed by atoms with E-state index < -0.39 is 0 Å². The van der Waals surface area contributed by atoms with Crippen LogP contribution in [0.4, 0.5) is 0 Å². The van der Waals surface area contributed by atoms with Crippen molar-refractivity contribution in [2.75, 3.05) is 7.11 Å². The van der Waals surface area contributed by atoms with Crippen molar-refractivity contribution < 1.29 is 4.74 Å². The Hall–Kier alpha value is -3.57. The molecule has 0 aliphatic heterocycles. The van der Waals surface area contributed by atoms with E-state index in [1.54, 1.807) is 7.11 Å². The molecule has 2 nitrogen and oxygen atoms in total. The normalized spacial score (nSPS) is 10.2. The quantitative estimate of drug-likeness (QED) is 0.463. The van der Waals surface area contributed by atoms with E-state index in [1.165, 1.54) is 0 Å². The number of hydrogen-bond donors (Lipinski definition) is 0. The second-order valence-electron chi connectivity index (χ2n) is 5.95. The summed E-state index contributed by atoms with van der Waals surface area (Å²) in [7, 11) is 1.67. The van der Waals surface area contributed by atoms with Crippen LogP contribution in [0.2, 0.25) is 0 Å². The fourth-order valence-electron chi connectivity index (χ4n) is 2.79. The lowest BCUT2D eigenvalue weighted by atomic mass is 10.1. The van der Waals surface area contributed by atoms with Crippen LogP contribution in [0, 0.1) is 11.8 Å². The number of rotatable bonds is 2. The van der Waals surface area contributed by atoms with Gasteiger partial charge >= 0.3 is 0 Å². The third-order valence-corrected chi connectivity index (χ3v) is 4.20. The van der Waals surface area contributed by atoms with Crippen molar-refractivity contribution in [1.29, 1.82) is 0 Å². The van der Waals surface area contributed by atoms with Crippen molar-refractivity contribution in [2.45, 2.75) is 0 Å². The lowest BCUT2D eigenvalue weighted by Gasteiger charge is -2.05. The van der Waals surface area contributed by atoms with Crippen LogP contribution in [-0.2, 0) is 0 Å². The average molecular weight is 335 g/mol. The molecule has 4 aromatic rings. The Labute approximate surface area is 153 Å². The molecule has 4 rings (SSSR count). The van der Waals surface area contributed by atoms with Gasteiger partial charge in [-0.15, -0.1) is 0 Å². The highest BCUT2D eigenvalue weighted by Crippen LogP contribution is 2.23. The molecule has 0 aliphatic carbocycles. The van der Waals surface area contributed by atoms with Crippen LogP contribution in [0.3, 0.4) is 0 Å². The first-order chi connectivity index (χ1) is 12.8. The lowest BCUT2D eigenvalue weighted by Crippen LogP contribution is -1.87. The maximum atomic E-state index is 5.21. The molecule has 2 heteroatoms. The average Bonchev–Trinajstić information content (AvgIpc) is 2.72. The molecule has 0 amide bonds. The fraction of sp³-hybridized carbons (Fsp3) is 0.0417. The molecule has 0 aliphatic rings. The molecule has 26 heavy (non-hydrogen) atoms. The van der Waals surface area contributed by atoms with Gasteiger partial charge in [-0.3, -0.25) is 0 Å². The molecule has 0 spiro atoms. The largest absolute Gasteiger partial charge is 0.497 e. The standard InChI is InChI=1S/C24H17NO/c1-26-22-13-10-20(11-14-22)23-16-12-21-17-19(9-15-24(21)25-23)8-7-18-5-3-2-4-6-18/h2-6,9-17H,1H3. The first-order valence-corrected chi connectivity index (χ1v) is 8.44. The van der Waals surface area contributed by atoms with Crippen LogP contribution in [0.1, 0.15) is 11.1 Å². The molecule has 0 atom stereocenters. The minimum absolute atomic E-state index is 0.844. The molecule has 0 saturated carbocycles. The number of benzene rings is 3. The summed E-state index contributed by atoms with van der Waals surface area (Å²) < 4.78 is 5.21. The Bertz CT molecular complexity index is 1100. The van der Waals surface area contributed by atoms with Gasteiger partial charge < -0.3 is 4.74 Å². The van der Waals surface area contributed by atoms with E-state index in [0.717, 1.165) is 39.0 Å². The molecule has 1 aromatic heterocycles. The van der Waals surface area contributed by atoms with Gasteiger partial charge in [-0.25, -0.2) is 4.98 Å². The summed E-state index contributed by atoms with van der Waals surface area (Å²) in [6.45, 7) is 0. The molecule has 124 valence electrons. The van der Waals surface area contributed by atoms with E-state index in [1.807, 2.05) is 72.8 Å². The Balaban J connectivity index is 1.65. The SMILES string of the molecule is COc1ccc(-c2ccc3cc(C#Cc4ccccc4)ccc3n2)cc1. The van der Waals surface area contributed by atoms with Crippen molar-refractivity contribution in [2.24, 2.45) is 0 Å². The van der Waals surface area contributed by atoms with Gasteiger partial charge in [0.25, 0.3) is 0 Å². The number of methoxy groups -OCH3 is 1. The Morgan fingerprint density at radius 2 is 1.50 bits per heavy atom. The zero-order chi connectivity index (χ0) is 17.8. The van der Waals surface area contributed by atoms with Gasteiger partial charge in [0.2, 0.25) is 0 Å². The summed E-state index contributed by atoms with van der Waals surface area (Å²) in [4.78, 5) is 4.77. The predicted molar refractivity (Wildman–Crippen MR) is 106 cm³/mol. The van der Waals surface area contributed by atoms with Crippen molar-refractivity contribution in [1.82, 2.24) is 4.98 Å². The molecule has 0 radical (unpaired) electrons. The number of hydrogen-bond acceptors (Lipinski definition) is 2. The zero-order valence-electron chi connectivity index (χ0n) is 14.4. The molecule has 1 heterocycles. The van der Waals surface area contributed by atoms with Crippen molar-refractivity contribution >= 4 is 10.9 Å². The fourth-order valence-corrected chi connectivity index (χ4v) is 2.79. The zero-order valence-corrected chi connectivity index (χ0v) is 14.4. The van der Waals surface area contributed by atoms with E-state index >= 15 is 0 Å². The van der Waals surface area contributed by atoms with Gasteiger partial charge in [0.1, 0.15) is 5.75 Å². The molecule has 0 fully saturated rings. The number of ether oxygens (including phenoxy) is 1. The number of nitrogens with zero attached hydrogens (tertiary/aromatic N) is 1. The van der Waals surface area contributed by atoms with Gasteiger partial charge in [0.15, 0.2) is 0 Å². The third kappa shape index (κ3) is 3.43. The summed E-state index contributed by atoms with van der Waals surface area (Å²) in [6.07, 6.45) is 0. The van der Waals surface area contributed by atoms with Crippen LogP contribution in [0.15, 0.2) is 84.9 Å². The van der Waals surface area contributed by atoms with Crippen LogP contribution < -0.4 is 4.74 Å². The highest BCUT2D eigenvalue weighted by Gasteiger charge is 2.03. The van der Waals surface area contributed by atoms with E-state index in [2.05, 4.69) is 24.0 Å². The third-order valence-electron chi connectivity index (χ3n) is 4.20. The van der Waals surface area contributed by atoms with Crippen LogP contribution in [-0.4, -0.2) is 12.1 Å². The van der Waals surface area contributed by atoms with Gasteiger partial charge in [0.05, 0.1) is 18.3 Å². The topological polar surface area (TPSA) is 22.1 Å². The monoisotopic (exact) mass is 335 g/mol. The Morgan fingerprint density at radius 3 is 2.27 bits per heavy atom. The van der Waals surface area contributed by atoms with Crippen molar-refractivity contribution in [3.63, 3.8) is 0 Å². The summed E-state index contributed by atoms with van der Waals surface area (Å²) in [6, 6.07) is 28.2. The molecule has 3 aromatic carbocycles. The molecule has 0 unspecified atom stereocenters. The highest BCUT2D eigenvalue weighted by molar-refractivity contribution is 5.83. The molecule has 0 saturated heterocycles. The van der Waals surface area contributed by atoms with E-state index in [-0.39, 0.29) is 0 Å². The summed E-state index contributed by atoms with van der Waals surface area (Å²) in [5.41, 5.74) is 4.98. The number of fused-ring (bicyclic) bond motifs is 1. The summed E-state index contributed by atoms with van der Waals surface area (Å²) in [5, 5.41) is 1.09. The van der Waals surface area contributed by atoms with Crippen molar-refractivity contribution in [3.8, 4) is 28.8 Å². The van der Waals surface area contributed by atoms with Gasteiger partial charge in [-0.1, -0.05) is 36.1 Å². The smallest absolute Gasteiger partial charge is 0.118 e. The maximum Gasteiger partial charge on any atom is 0.118 e. The summed E-state index contributed by atoms with van der Waals surface area (Å²) in [5.74, 6) is 7.26. The highest BCUT2D eigenvalue weighted by atomic mass is 16.5. The van der Waals surface area contributed by atoms with E-state index in [0.29, 0.717) is 0 Å². The van der Waals surface area contributed by atoms with Gasteiger partial charge in [-0.05, 0) is 60.7 Å². The molecule has 0 bridgehead atoms. The summed E-state index contributed by atoms with van der Waals surface area (Å²) >= 11 is 0. The Morgan fingerprint density at radius 1 is 0.731 bits per heavy atom. The predicted octanol–water partition coefficient (Wildman–Crippen LogP) is 5.31. The van der Waals surface area contributed by atoms with E-state index in [4.69, 9.17) is 9.72 Å².